The Bertz CT molecular complexity index is 547. The molecule has 1 saturated heterocycles. The number of ether oxygens (including phenoxy) is 2. The van der Waals surface area contributed by atoms with E-state index in [4.69, 9.17) is 9.47 Å². The Balaban J connectivity index is 1.82. The second kappa shape index (κ2) is 9.20. The molecular weight excluding hydrogens is 310 g/mol. The first-order valence-electron chi connectivity index (χ1n) is 8.53. The predicted octanol–water partition coefficient (Wildman–Crippen LogP) is 1.75. The number of piperidine rings is 1. The molecule has 2 heterocycles. The van der Waals surface area contributed by atoms with E-state index >= 15 is 0 Å². The molecule has 24 heavy (non-hydrogen) atoms. The van der Waals surface area contributed by atoms with E-state index in [9.17, 15) is 9.59 Å². The largest absolute Gasteiger partial charge is 0.466 e. The van der Waals surface area contributed by atoms with Crippen LogP contribution >= 0.6 is 0 Å². The van der Waals surface area contributed by atoms with Gasteiger partial charge in [-0.2, -0.15) is 0 Å². The molecule has 0 aliphatic carbocycles. The molecule has 1 fully saturated rings. The van der Waals surface area contributed by atoms with Crippen LogP contribution in [0.15, 0.2) is 12.4 Å². The maximum atomic E-state index is 12.2. The highest BCUT2D eigenvalue weighted by atomic mass is 16.5. The van der Waals surface area contributed by atoms with Gasteiger partial charge in [0.2, 0.25) is 5.91 Å². The summed E-state index contributed by atoms with van der Waals surface area (Å²) in [5.74, 6) is -0.376. The van der Waals surface area contributed by atoms with Gasteiger partial charge in [-0.3, -0.25) is 9.59 Å². The van der Waals surface area contributed by atoms with Gasteiger partial charge in [-0.25, -0.2) is 9.97 Å². The molecule has 1 unspecified atom stereocenters. The summed E-state index contributed by atoms with van der Waals surface area (Å²) in [5.41, 5.74) is 1.06. The molecule has 0 spiro atoms. The molecule has 0 bridgehead atoms. The third-order valence-electron chi connectivity index (χ3n) is 3.94. The standard InChI is InChI=1S/C17H25N3O4/c1-3-13-10-18-17(19-11-13)24-14-6-5-9-20(12-14)15(21)7-8-16(22)23-4-2/h10-11,14H,3-9,12H2,1-2H3. The zero-order chi connectivity index (χ0) is 17.4. The van der Waals surface area contributed by atoms with Gasteiger partial charge in [-0.1, -0.05) is 6.92 Å². The quantitative estimate of drug-likeness (QED) is 0.706. The number of hydrogen-bond donors (Lipinski definition) is 0. The minimum atomic E-state index is -0.333. The van der Waals surface area contributed by atoms with Crippen molar-refractivity contribution in [2.45, 2.75) is 52.1 Å². The second-order valence-electron chi connectivity index (χ2n) is 5.75. The van der Waals surface area contributed by atoms with Crippen LogP contribution in [-0.4, -0.2) is 52.5 Å². The van der Waals surface area contributed by atoms with Crippen molar-refractivity contribution >= 4 is 11.9 Å². The van der Waals surface area contributed by atoms with E-state index in [-0.39, 0.29) is 30.8 Å². The van der Waals surface area contributed by atoms with Gasteiger partial charge in [0.05, 0.1) is 19.6 Å². The summed E-state index contributed by atoms with van der Waals surface area (Å²) in [7, 11) is 0. The molecule has 1 aliphatic rings. The summed E-state index contributed by atoms with van der Waals surface area (Å²) in [6, 6.07) is 0.345. The van der Waals surface area contributed by atoms with Crippen LogP contribution < -0.4 is 4.74 Å². The number of amides is 1. The van der Waals surface area contributed by atoms with Crippen LogP contribution in [0.2, 0.25) is 0 Å². The molecule has 0 radical (unpaired) electrons. The maximum absolute atomic E-state index is 12.2. The van der Waals surface area contributed by atoms with Gasteiger partial charge >= 0.3 is 12.0 Å². The average molecular weight is 335 g/mol. The Labute approximate surface area is 142 Å². The summed E-state index contributed by atoms with van der Waals surface area (Å²) >= 11 is 0. The predicted molar refractivity (Wildman–Crippen MR) is 87.5 cm³/mol. The number of rotatable bonds is 7. The molecule has 0 aromatic carbocycles. The maximum Gasteiger partial charge on any atom is 0.316 e. The van der Waals surface area contributed by atoms with Crippen molar-refractivity contribution in [2.24, 2.45) is 0 Å². The van der Waals surface area contributed by atoms with Crippen LogP contribution in [0, 0.1) is 0 Å². The van der Waals surface area contributed by atoms with Crippen molar-refractivity contribution in [1.29, 1.82) is 0 Å². The molecule has 7 nitrogen and oxygen atoms in total. The van der Waals surface area contributed by atoms with Crippen molar-refractivity contribution in [1.82, 2.24) is 14.9 Å². The lowest BCUT2D eigenvalue weighted by Crippen LogP contribution is -2.44. The molecule has 132 valence electrons. The normalized spacial score (nSPS) is 17.4. The van der Waals surface area contributed by atoms with E-state index < -0.39 is 0 Å². The van der Waals surface area contributed by atoms with Crippen molar-refractivity contribution < 1.29 is 19.1 Å². The third-order valence-corrected chi connectivity index (χ3v) is 3.94. The molecule has 1 amide bonds. The molecule has 1 atom stereocenters. The van der Waals surface area contributed by atoms with Gasteiger partial charge in [0.1, 0.15) is 6.10 Å². The van der Waals surface area contributed by atoms with E-state index in [1.807, 2.05) is 6.92 Å². The number of nitrogens with zero attached hydrogens (tertiary/aromatic N) is 3. The third kappa shape index (κ3) is 5.47. The summed E-state index contributed by atoms with van der Waals surface area (Å²) in [6.07, 6.45) is 6.30. The minimum Gasteiger partial charge on any atom is -0.466 e. The lowest BCUT2D eigenvalue weighted by Gasteiger charge is -2.32. The zero-order valence-corrected chi connectivity index (χ0v) is 14.4. The van der Waals surface area contributed by atoms with Crippen molar-refractivity contribution in [3.05, 3.63) is 18.0 Å². The van der Waals surface area contributed by atoms with Gasteiger partial charge < -0.3 is 14.4 Å². The van der Waals surface area contributed by atoms with Gasteiger partial charge in [0.15, 0.2) is 0 Å². The highest BCUT2D eigenvalue weighted by molar-refractivity contribution is 5.81. The number of aromatic nitrogens is 2. The monoisotopic (exact) mass is 335 g/mol. The number of hydrogen-bond acceptors (Lipinski definition) is 6. The average Bonchev–Trinajstić information content (AvgIpc) is 2.61. The molecule has 0 N–H and O–H groups in total. The van der Waals surface area contributed by atoms with E-state index in [1.54, 1.807) is 24.2 Å². The van der Waals surface area contributed by atoms with Crippen LogP contribution in [0.3, 0.4) is 0 Å². The molecule has 1 aromatic heterocycles. The Hall–Kier alpha value is -2.18. The minimum absolute atomic E-state index is 0.0430. The molecule has 0 saturated carbocycles. The second-order valence-corrected chi connectivity index (χ2v) is 5.75. The first kappa shape index (κ1) is 18.2. The van der Waals surface area contributed by atoms with Crippen molar-refractivity contribution in [2.75, 3.05) is 19.7 Å². The van der Waals surface area contributed by atoms with E-state index in [1.165, 1.54) is 0 Å². The fraction of sp³-hybridized carbons (Fsp3) is 0.647. The van der Waals surface area contributed by atoms with Crippen LogP contribution in [-0.2, 0) is 20.7 Å². The van der Waals surface area contributed by atoms with E-state index in [2.05, 4.69) is 9.97 Å². The van der Waals surface area contributed by atoms with E-state index in [0.717, 1.165) is 24.8 Å². The smallest absolute Gasteiger partial charge is 0.316 e. The van der Waals surface area contributed by atoms with Crippen LogP contribution in [0.4, 0.5) is 0 Å². The highest BCUT2D eigenvalue weighted by Crippen LogP contribution is 2.16. The molecule has 2 rings (SSSR count). The van der Waals surface area contributed by atoms with Crippen molar-refractivity contribution in [3.8, 4) is 6.01 Å². The fourth-order valence-corrected chi connectivity index (χ4v) is 2.60. The lowest BCUT2D eigenvalue weighted by atomic mass is 10.1. The Morgan fingerprint density at radius 1 is 1.25 bits per heavy atom. The SMILES string of the molecule is CCOC(=O)CCC(=O)N1CCCC(Oc2ncc(CC)cn2)C1. The zero-order valence-electron chi connectivity index (χ0n) is 14.4. The summed E-state index contributed by atoms with van der Waals surface area (Å²) in [6.45, 7) is 5.32. The van der Waals surface area contributed by atoms with Gasteiger partial charge in [0.25, 0.3) is 0 Å². The summed E-state index contributed by atoms with van der Waals surface area (Å²) in [5, 5.41) is 0. The Morgan fingerprint density at radius 3 is 2.67 bits per heavy atom. The van der Waals surface area contributed by atoms with Gasteiger partial charge in [-0.05, 0) is 31.7 Å². The summed E-state index contributed by atoms with van der Waals surface area (Å²) < 4.78 is 10.6. The highest BCUT2D eigenvalue weighted by Gasteiger charge is 2.25. The fourth-order valence-electron chi connectivity index (χ4n) is 2.60. The number of esters is 1. The molecule has 1 aliphatic heterocycles. The van der Waals surface area contributed by atoms with Crippen LogP contribution in [0.25, 0.3) is 0 Å². The first-order chi connectivity index (χ1) is 11.6. The number of likely N-dealkylation sites (tertiary alicyclic amines) is 1. The molecule has 1 aromatic rings. The van der Waals surface area contributed by atoms with Gasteiger partial charge in [0, 0.05) is 25.4 Å². The van der Waals surface area contributed by atoms with Crippen molar-refractivity contribution in [3.63, 3.8) is 0 Å². The number of carbonyl (C=O) groups excluding carboxylic acids is 2. The summed E-state index contributed by atoms with van der Waals surface area (Å²) in [4.78, 5) is 33.7. The Kier molecular flexibility index (Phi) is 6.96. The van der Waals surface area contributed by atoms with Gasteiger partial charge in [-0.15, -0.1) is 0 Å². The number of aryl methyl sites for hydroxylation is 1. The Morgan fingerprint density at radius 2 is 2.00 bits per heavy atom. The lowest BCUT2D eigenvalue weighted by molar-refractivity contribution is -0.146. The molecular formula is C17H25N3O4. The topological polar surface area (TPSA) is 81.6 Å². The first-order valence-corrected chi connectivity index (χ1v) is 8.53. The van der Waals surface area contributed by atoms with Crippen LogP contribution in [0.5, 0.6) is 6.01 Å². The molecule has 7 heteroatoms. The van der Waals surface area contributed by atoms with Crippen LogP contribution in [0.1, 0.15) is 45.1 Å². The number of carbonyl (C=O) groups is 2. The van der Waals surface area contributed by atoms with E-state index in [0.29, 0.717) is 25.7 Å².